The van der Waals surface area contributed by atoms with E-state index in [0.717, 1.165) is 17.7 Å². The third kappa shape index (κ3) is 5.50. The average molecular weight is 532 g/mol. The number of carbonyl (C=O) groups excluding carboxylic acids is 2. The van der Waals surface area contributed by atoms with Crippen molar-refractivity contribution in [2.45, 2.75) is 57.9 Å². The molecule has 4 rings (SSSR count). The molecule has 10 heteroatoms. The summed E-state index contributed by atoms with van der Waals surface area (Å²) in [6.07, 6.45) is -1.08. The monoisotopic (exact) mass is 531 g/mol. The maximum absolute atomic E-state index is 13.3. The molecule has 0 aromatic heterocycles. The van der Waals surface area contributed by atoms with Gasteiger partial charge in [0.05, 0.1) is 11.3 Å². The number of fused-ring (bicyclic) bond motifs is 2. The van der Waals surface area contributed by atoms with Crippen LogP contribution in [-0.2, 0) is 17.5 Å². The lowest BCUT2D eigenvalue weighted by molar-refractivity contribution is -0.137. The quantitative estimate of drug-likeness (QED) is 0.441. The molecular weight excluding hydrogens is 499 g/mol. The van der Waals surface area contributed by atoms with E-state index in [4.69, 9.17) is 9.84 Å². The zero-order valence-corrected chi connectivity index (χ0v) is 21.7. The minimum Gasteiger partial charge on any atom is -0.486 e. The van der Waals surface area contributed by atoms with Gasteiger partial charge in [0.15, 0.2) is 0 Å². The fraction of sp³-hybridized carbons (Fsp3) is 0.429. The van der Waals surface area contributed by atoms with E-state index in [1.165, 1.54) is 17.0 Å². The molecule has 0 fully saturated rings. The number of amides is 3. The highest BCUT2D eigenvalue weighted by atomic mass is 19.4. The molecular formula is C28H32F3N3O4. The standard InChI is InChI=1S/C28H32F3N3O4/c1-4-27(5-2)16-19(22-10-8-20(28(29,30)31)14-24(22)38-27)13-25(36)32-21-9-7-18-17-34(11-6-12-35)26(37)33(3)23(18)15-21/h7-10,13-15,35H,4-6,11-12,16-17H2,1-3H3,(H,32,36). The zero-order chi connectivity index (χ0) is 27.7. The Balaban J connectivity index is 1.60. The van der Waals surface area contributed by atoms with Crippen molar-refractivity contribution >= 4 is 28.9 Å². The first-order chi connectivity index (χ1) is 18.0. The Hall–Kier alpha value is -3.53. The molecule has 0 spiro atoms. The van der Waals surface area contributed by atoms with Gasteiger partial charge in [0.25, 0.3) is 0 Å². The lowest BCUT2D eigenvalue weighted by Crippen LogP contribution is -2.45. The Morgan fingerprint density at radius 1 is 1.18 bits per heavy atom. The predicted molar refractivity (Wildman–Crippen MR) is 139 cm³/mol. The van der Waals surface area contributed by atoms with Crippen LogP contribution in [0.4, 0.5) is 29.3 Å². The van der Waals surface area contributed by atoms with E-state index in [-0.39, 0.29) is 18.4 Å². The van der Waals surface area contributed by atoms with E-state index in [2.05, 4.69) is 5.32 Å². The van der Waals surface area contributed by atoms with E-state index < -0.39 is 23.2 Å². The summed E-state index contributed by atoms with van der Waals surface area (Å²) in [6.45, 7) is 4.67. The second kappa shape index (κ2) is 10.7. The molecule has 0 radical (unpaired) electrons. The van der Waals surface area contributed by atoms with Gasteiger partial charge < -0.3 is 20.1 Å². The highest BCUT2D eigenvalue weighted by Crippen LogP contribution is 2.45. The molecule has 204 valence electrons. The van der Waals surface area contributed by atoms with Crippen LogP contribution in [0.15, 0.2) is 42.5 Å². The smallest absolute Gasteiger partial charge is 0.416 e. The Labute approximate surface area is 219 Å². The SMILES string of the molecule is CCC1(CC)CC(=CC(=O)Nc2ccc3c(c2)N(C)C(=O)N(CCCO)C3)c2ccc(C(F)(F)F)cc2O1. The fourth-order valence-corrected chi connectivity index (χ4v) is 4.98. The molecule has 0 bridgehead atoms. The topological polar surface area (TPSA) is 82.1 Å². The van der Waals surface area contributed by atoms with Crippen LogP contribution < -0.4 is 15.0 Å². The van der Waals surface area contributed by atoms with E-state index >= 15 is 0 Å². The molecule has 2 heterocycles. The number of nitrogens with one attached hydrogen (secondary N) is 1. The van der Waals surface area contributed by atoms with Crippen LogP contribution in [0.2, 0.25) is 0 Å². The number of hydrogen-bond donors (Lipinski definition) is 2. The van der Waals surface area contributed by atoms with Crippen LogP contribution in [-0.4, -0.2) is 47.7 Å². The minimum absolute atomic E-state index is 0.00144. The molecule has 2 aliphatic heterocycles. The molecule has 2 N–H and O–H groups in total. The summed E-state index contributed by atoms with van der Waals surface area (Å²) in [6, 6.07) is 8.48. The Morgan fingerprint density at radius 2 is 1.92 bits per heavy atom. The first-order valence-electron chi connectivity index (χ1n) is 12.7. The van der Waals surface area contributed by atoms with Gasteiger partial charge in [-0.25, -0.2) is 4.79 Å². The lowest BCUT2D eigenvalue weighted by Gasteiger charge is -2.39. The number of halogens is 3. The molecule has 0 saturated heterocycles. The van der Waals surface area contributed by atoms with E-state index in [9.17, 15) is 22.8 Å². The molecule has 2 aromatic carbocycles. The molecule has 0 unspecified atom stereocenters. The van der Waals surface area contributed by atoms with Crippen LogP contribution in [0.3, 0.4) is 0 Å². The number of rotatable bonds is 7. The molecule has 2 aliphatic rings. The van der Waals surface area contributed by atoms with Crippen molar-refractivity contribution in [1.29, 1.82) is 0 Å². The molecule has 3 amide bonds. The number of hydrogen-bond acceptors (Lipinski definition) is 4. The van der Waals surface area contributed by atoms with Crippen molar-refractivity contribution in [2.75, 3.05) is 30.4 Å². The van der Waals surface area contributed by atoms with Crippen molar-refractivity contribution in [3.8, 4) is 5.75 Å². The zero-order valence-electron chi connectivity index (χ0n) is 21.7. The summed E-state index contributed by atoms with van der Waals surface area (Å²) in [7, 11) is 1.66. The third-order valence-electron chi connectivity index (χ3n) is 7.31. The van der Waals surface area contributed by atoms with Gasteiger partial charge in [-0.3, -0.25) is 9.69 Å². The maximum Gasteiger partial charge on any atom is 0.416 e. The van der Waals surface area contributed by atoms with Gasteiger partial charge in [-0.2, -0.15) is 13.2 Å². The first-order valence-corrected chi connectivity index (χ1v) is 12.7. The van der Waals surface area contributed by atoms with Gasteiger partial charge in [0.2, 0.25) is 5.91 Å². The number of alkyl halides is 3. The number of benzene rings is 2. The van der Waals surface area contributed by atoms with Crippen LogP contribution >= 0.6 is 0 Å². The van der Waals surface area contributed by atoms with Gasteiger partial charge in [0.1, 0.15) is 11.4 Å². The fourth-order valence-electron chi connectivity index (χ4n) is 4.98. The Kier molecular flexibility index (Phi) is 7.73. The van der Waals surface area contributed by atoms with Crippen molar-refractivity contribution in [2.24, 2.45) is 0 Å². The Bertz CT molecular complexity index is 1250. The van der Waals surface area contributed by atoms with Crippen LogP contribution in [0.25, 0.3) is 5.57 Å². The van der Waals surface area contributed by atoms with Gasteiger partial charge in [-0.1, -0.05) is 26.0 Å². The summed E-state index contributed by atoms with van der Waals surface area (Å²) in [5.74, 6) is -0.309. The molecule has 0 saturated carbocycles. The van der Waals surface area contributed by atoms with Crippen LogP contribution in [0.5, 0.6) is 5.75 Å². The number of aliphatic hydroxyl groups excluding tert-OH is 1. The maximum atomic E-state index is 13.3. The average Bonchev–Trinajstić information content (AvgIpc) is 2.89. The highest BCUT2D eigenvalue weighted by Gasteiger charge is 2.38. The largest absolute Gasteiger partial charge is 0.486 e. The van der Waals surface area contributed by atoms with Gasteiger partial charge in [0, 0.05) is 50.5 Å². The molecule has 0 aliphatic carbocycles. The third-order valence-corrected chi connectivity index (χ3v) is 7.31. The second-order valence-electron chi connectivity index (χ2n) is 9.72. The summed E-state index contributed by atoms with van der Waals surface area (Å²) >= 11 is 0. The van der Waals surface area contributed by atoms with Gasteiger partial charge in [-0.05, 0) is 54.7 Å². The molecule has 2 aromatic rings. The molecule has 7 nitrogen and oxygen atoms in total. The number of nitrogens with zero attached hydrogens (tertiary/aromatic N) is 2. The summed E-state index contributed by atoms with van der Waals surface area (Å²) in [5.41, 5.74) is 1.64. The number of ether oxygens (including phenoxy) is 1. The van der Waals surface area contributed by atoms with Crippen molar-refractivity contribution < 1.29 is 32.6 Å². The van der Waals surface area contributed by atoms with Crippen molar-refractivity contribution in [1.82, 2.24) is 4.90 Å². The normalized spacial score (nSPS) is 17.7. The number of urea groups is 1. The van der Waals surface area contributed by atoms with Crippen LogP contribution in [0.1, 0.15) is 56.2 Å². The van der Waals surface area contributed by atoms with Crippen molar-refractivity contribution in [3.05, 3.63) is 59.2 Å². The second-order valence-corrected chi connectivity index (χ2v) is 9.72. The summed E-state index contributed by atoms with van der Waals surface area (Å²) in [4.78, 5) is 28.9. The lowest BCUT2D eigenvalue weighted by atomic mass is 9.83. The Morgan fingerprint density at radius 3 is 2.58 bits per heavy atom. The predicted octanol–water partition coefficient (Wildman–Crippen LogP) is 5.82. The van der Waals surface area contributed by atoms with Crippen LogP contribution in [0, 0.1) is 0 Å². The summed E-state index contributed by atoms with van der Waals surface area (Å²) in [5, 5.41) is 11.9. The van der Waals surface area contributed by atoms with E-state index in [1.807, 2.05) is 19.9 Å². The minimum atomic E-state index is -4.50. The highest BCUT2D eigenvalue weighted by molar-refractivity contribution is 6.05. The molecule has 0 atom stereocenters. The van der Waals surface area contributed by atoms with E-state index in [0.29, 0.717) is 61.3 Å². The number of aliphatic hydroxyl groups is 1. The first kappa shape index (κ1) is 27.5. The summed E-state index contributed by atoms with van der Waals surface area (Å²) < 4.78 is 46.1. The van der Waals surface area contributed by atoms with Crippen molar-refractivity contribution in [3.63, 3.8) is 0 Å². The van der Waals surface area contributed by atoms with E-state index in [1.54, 1.807) is 24.1 Å². The molecule has 38 heavy (non-hydrogen) atoms. The number of anilines is 2. The van der Waals surface area contributed by atoms with Gasteiger partial charge >= 0.3 is 12.2 Å². The van der Waals surface area contributed by atoms with Gasteiger partial charge in [-0.15, -0.1) is 0 Å². The number of carbonyl (C=O) groups is 2.